The van der Waals surface area contributed by atoms with Crippen LogP contribution >= 0.6 is 0 Å². The van der Waals surface area contributed by atoms with Crippen LogP contribution in [0.5, 0.6) is 11.5 Å². The lowest BCUT2D eigenvalue weighted by Crippen LogP contribution is -2.42. The van der Waals surface area contributed by atoms with E-state index in [4.69, 9.17) is 10.00 Å². The van der Waals surface area contributed by atoms with Crippen molar-refractivity contribution in [1.82, 2.24) is 9.80 Å². The summed E-state index contributed by atoms with van der Waals surface area (Å²) in [4.78, 5) is 16.4. The van der Waals surface area contributed by atoms with Gasteiger partial charge in [0.15, 0.2) is 0 Å². The van der Waals surface area contributed by atoms with Crippen LogP contribution in [0, 0.1) is 23.2 Å². The number of methoxy groups -OCH3 is 1. The Kier molecular flexibility index (Phi) is 7.93. The molecule has 2 unspecified atom stereocenters. The Hall–Kier alpha value is -2.26. The Morgan fingerprint density at radius 1 is 1.44 bits per heavy atom. The molecule has 0 aromatic heterocycles. The average molecular weight is 373 g/mol. The number of phenols is 1. The number of aromatic hydroxyl groups is 1. The van der Waals surface area contributed by atoms with Gasteiger partial charge >= 0.3 is 0 Å². The molecule has 6 nitrogen and oxygen atoms in total. The molecule has 27 heavy (non-hydrogen) atoms. The van der Waals surface area contributed by atoms with Crippen LogP contribution in [0.15, 0.2) is 18.2 Å². The van der Waals surface area contributed by atoms with E-state index in [0.717, 1.165) is 31.5 Å². The molecule has 148 valence electrons. The molecule has 0 spiro atoms. The van der Waals surface area contributed by atoms with Crippen molar-refractivity contribution in [3.8, 4) is 17.6 Å². The molecule has 1 heterocycles. The fourth-order valence-electron chi connectivity index (χ4n) is 3.80. The van der Waals surface area contributed by atoms with Crippen molar-refractivity contribution in [3.05, 3.63) is 23.8 Å². The third-order valence-electron chi connectivity index (χ3n) is 5.61. The van der Waals surface area contributed by atoms with Gasteiger partial charge in [0, 0.05) is 44.7 Å². The highest BCUT2D eigenvalue weighted by Gasteiger charge is 2.30. The quantitative estimate of drug-likeness (QED) is 0.758. The first-order valence-corrected chi connectivity index (χ1v) is 9.67. The molecule has 2 rings (SSSR count). The second kappa shape index (κ2) is 10.2. The predicted molar refractivity (Wildman–Crippen MR) is 104 cm³/mol. The fraction of sp³-hybridized carbons (Fsp3) is 0.619. The van der Waals surface area contributed by atoms with Gasteiger partial charge in [-0.05, 0) is 30.9 Å². The number of likely N-dealkylation sites (tertiary alicyclic amines) is 1. The van der Waals surface area contributed by atoms with Crippen LogP contribution in [0.1, 0.15) is 38.2 Å². The van der Waals surface area contributed by atoms with E-state index in [9.17, 15) is 9.90 Å². The number of hydrogen-bond donors (Lipinski definition) is 1. The highest BCUT2D eigenvalue weighted by Crippen LogP contribution is 2.32. The normalized spacial score (nSPS) is 20.1. The maximum absolute atomic E-state index is 12.4. The van der Waals surface area contributed by atoms with E-state index in [0.29, 0.717) is 43.5 Å². The van der Waals surface area contributed by atoms with Crippen molar-refractivity contribution in [3.63, 3.8) is 0 Å². The van der Waals surface area contributed by atoms with E-state index in [1.165, 1.54) is 0 Å². The molecule has 0 aliphatic carbocycles. The topological polar surface area (TPSA) is 76.8 Å². The molecule has 1 aromatic rings. The van der Waals surface area contributed by atoms with Crippen molar-refractivity contribution in [2.24, 2.45) is 11.8 Å². The van der Waals surface area contributed by atoms with Crippen LogP contribution in [0.2, 0.25) is 0 Å². The Balaban J connectivity index is 1.92. The van der Waals surface area contributed by atoms with Crippen molar-refractivity contribution < 1.29 is 14.6 Å². The smallest absolute Gasteiger partial charge is 0.222 e. The van der Waals surface area contributed by atoms with E-state index in [1.807, 2.05) is 12.1 Å². The first-order valence-electron chi connectivity index (χ1n) is 9.67. The summed E-state index contributed by atoms with van der Waals surface area (Å²) >= 11 is 0. The summed E-state index contributed by atoms with van der Waals surface area (Å²) in [6.45, 7) is 5.23. The minimum Gasteiger partial charge on any atom is -0.507 e. The summed E-state index contributed by atoms with van der Waals surface area (Å²) in [5, 5.41) is 18.9. The van der Waals surface area contributed by atoms with Crippen LogP contribution in [0.3, 0.4) is 0 Å². The van der Waals surface area contributed by atoms with Gasteiger partial charge in [-0.25, -0.2) is 0 Å². The van der Waals surface area contributed by atoms with E-state index in [1.54, 1.807) is 25.1 Å². The Morgan fingerprint density at radius 3 is 2.85 bits per heavy atom. The van der Waals surface area contributed by atoms with Gasteiger partial charge in [0.05, 0.1) is 19.6 Å². The molecule has 0 bridgehead atoms. The summed E-state index contributed by atoms with van der Waals surface area (Å²) < 4.78 is 5.14. The van der Waals surface area contributed by atoms with E-state index < -0.39 is 0 Å². The number of amides is 1. The number of phenolic OH excluding ortho intramolecular Hbond substituents is 1. The third kappa shape index (κ3) is 5.86. The minimum atomic E-state index is 0.134. The van der Waals surface area contributed by atoms with Gasteiger partial charge in [-0.1, -0.05) is 19.4 Å². The molecule has 0 saturated carbocycles. The fourth-order valence-corrected chi connectivity index (χ4v) is 3.80. The second-order valence-electron chi connectivity index (χ2n) is 7.37. The molecule has 1 aliphatic heterocycles. The minimum absolute atomic E-state index is 0.134. The Morgan fingerprint density at radius 2 is 2.22 bits per heavy atom. The first kappa shape index (κ1) is 21.0. The lowest BCUT2D eigenvalue weighted by molar-refractivity contribution is -0.131. The molecule has 2 atom stereocenters. The summed E-state index contributed by atoms with van der Waals surface area (Å²) in [6, 6.07) is 7.52. The van der Waals surface area contributed by atoms with Crippen LogP contribution in [0.25, 0.3) is 0 Å². The predicted octanol–water partition coefficient (Wildman–Crippen LogP) is 3.01. The lowest BCUT2D eigenvalue weighted by Gasteiger charge is -2.38. The van der Waals surface area contributed by atoms with Crippen LogP contribution < -0.4 is 4.74 Å². The molecule has 1 aromatic carbocycles. The summed E-state index contributed by atoms with van der Waals surface area (Å²) in [5.41, 5.74) is 0.899. The van der Waals surface area contributed by atoms with Crippen molar-refractivity contribution in [2.75, 3.05) is 33.8 Å². The molecule has 1 amide bonds. The number of ether oxygens (including phenoxy) is 1. The standard InChI is InChI=1S/C21H31N3O3/c1-4-16-14-24(15-18-6-7-19(27-3)13-20(18)25)11-8-17(16)12-21(26)23(2)10-5-9-22/h6-7,13,16-17,25H,4-5,8,10-12,14-15H2,1-3H3. The zero-order valence-corrected chi connectivity index (χ0v) is 16.6. The van der Waals surface area contributed by atoms with E-state index >= 15 is 0 Å². The third-order valence-corrected chi connectivity index (χ3v) is 5.61. The van der Waals surface area contributed by atoms with Crippen LogP contribution in [0.4, 0.5) is 0 Å². The number of nitrogens with zero attached hydrogens (tertiary/aromatic N) is 3. The van der Waals surface area contributed by atoms with Gasteiger partial charge < -0.3 is 14.7 Å². The zero-order chi connectivity index (χ0) is 19.8. The van der Waals surface area contributed by atoms with Crippen molar-refractivity contribution >= 4 is 5.91 Å². The highest BCUT2D eigenvalue weighted by molar-refractivity contribution is 5.76. The van der Waals surface area contributed by atoms with E-state index in [2.05, 4.69) is 17.9 Å². The molecule has 0 radical (unpaired) electrons. The molecule has 1 N–H and O–H groups in total. The van der Waals surface area contributed by atoms with Gasteiger partial charge in [0.2, 0.25) is 5.91 Å². The number of hydrogen-bond acceptors (Lipinski definition) is 5. The van der Waals surface area contributed by atoms with Gasteiger partial charge in [0.25, 0.3) is 0 Å². The molecule has 1 fully saturated rings. The Bertz CT molecular complexity index is 671. The maximum Gasteiger partial charge on any atom is 0.222 e. The maximum atomic E-state index is 12.4. The monoisotopic (exact) mass is 373 g/mol. The number of nitriles is 1. The lowest BCUT2D eigenvalue weighted by atomic mass is 9.81. The molecule has 6 heteroatoms. The van der Waals surface area contributed by atoms with Gasteiger partial charge in [-0.3, -0.25) is 9.69 Å². The number of carbonyl (C=O) groups is 1. The number of piperidine rings is 1. The van der Waals surface area contributed by atoms with E-state index in [-0.39, 0.29) is 11.7 Å². The summed E-state index contributed by atoms with van der Waals surface area (Å²) in [5.74, 6) is 1.90. The first-order chi connectivity index (χ1) is 13.0. The zero-order valence-electron chi connectivity index (χ0n) is 16.6. The van der Waals surface area contributed by atoms with Gasteiger partial charge in [0.1, 0.15) is 11.5 Å². The largest absolute Gasteiger partial charge is 0.507 e. The van der Waals surface area contributed by atoms with Crippen molar-refractivity contribution in [1.29, 1.82) is 5.26 Å². The van der Waals surface area contributed by atoms with Crippen LogP contribution in [-0.2, 0) is 11.3 Å². The summed E-state index contributed by atoms with van der Waals surface area (Å²) in [7, 11) is 3.37. The number of benzene rings is 1. The second-order valence-corrected chi connectivity index (χ2v) is 7.37. The van der Waals surface area contributed by atoms with Crippen LogP contribution in [-0.4, -0.2) is 54.6 Å². The Labute approximate surface area is 162 Å². The number of rotatable bonds is 8. The SMILES string of the molecule is CCC1CN(Cc2ccc(OC)cc2O)CCC1CC(=O)N(C)CCC#N. The summed E-state index contributed by atoms with van der Waals surface area (Å²) in [6.07, 6.45) is 2.95. The van der Waals surface area contributed by atoms with Crippen molar-refractivity contribution in [2.45, 2.75) is 39.2 Å². The average Bonchev–Trinajstić information content (AvgIpc) is 2.68. The number of carbonyl (C=O) groups excluding carboxylic acids is 1. The van der Waals surface area contributed by atoms with Gasteiger partial charge in [-0.2, -0.15) is 5.26 Å². The van der Waals surface area contributed by atoms with Gasteiger partial charge in [-0.15, -0.1) is 0 Å². The molecule has 1 saturated heterocycles. The molecule has 1 aliphatic rings. The molecular formula is C21H31N3O3. The highest BCUT2D eigenvalue weighted by atomic mass is 16.5. The molecular weight excluding hydrogens is 342 g/mol.